The molecule has 2 heterocycles. The van der Waals surface area contributed by atoms with Crippen LogP contribution in [0.5, 0.6) is 5.88 Å². The van der Waals surface area contributed by atoms with Crippen LogP contribution >= 0.6 is 11.6 Å². The second kappa shape index (κ2) is 6.76. The first-order valence-corrected chi connectivity index (χ1v) is 8.74. The Hall–Kier alpha value is -3.19. The zero-order chi connectivity index (χ0) is 20.0. The van der Waals surface area contributed by atoms with Crippen molar-refractivity contribution in [1.82, 2.24) is 9.55 Å². The van der Waals surface area contributed by atoms with Crippen LogP contribution in [0.25, 0.3) is 11.6 Å². The number of aromatic amines is 1. The van der Waals surface area contributed by atoms with Crippen molar-refractivity contribution in [3.05, 3.63) is 79.9 Å². The number of hydrogen-bond donors (Lipinski definition) is 2. The monoisotopic (exact) mass is 401 g/mol. The highest BCUT2D eigenvalue weighted by atomic mass is 35.5. The number of halogens is 3. The number of hydrogen-bond acceptors (Lipinski definition) is 3. The highest BCUT2D eigenvalue weighted by Gasteiger charge is 2.19. The third kappa shape index (κ3) is 3.03. The molecule has 4 rings (SSSR count). The first kappa shape index (κ1) is 18.2. The predicted molar refractivity (Wildman–Crippen MR) is 104 cm³/mol. The highest BCUT2D eigenvalue weighted by molar-refractivity contribution is 6.32. The molecule has 0 fully saturated rings. The summed E-state index contributed by atoms with van der Waals surface area (Å²) in [6.07, 6.45) is 3.22. The fraction of sp³-hybridized carbons (Fsp3) is 0.100. The molecule has 0 amide bonds. The van der Waals surface area contributed by atoms with Crippen molar-refractivity contribution in [1.29, 1.82) is 0 Å². The van der Waals surface area contributed by atoms with Crippen LogP contribution in [0.2, 0.25) is 5.02 Å². The summed E-state index contributed by atoms with van der Waals surface area (Å²) in [4.78, 5) is 19.1. The molecule has 0 unspecified atom stereocenters. The minimum atomic E-state index is -1.02. The van der Waals surface area contributed by atoms with Crippen LogP contribution in [0.3, 0.4) is 0 Å². The lowest BCUT2D eigenvalue weighted by atomic mass is 10.0. The van der Waals surface area contributed by atoms with Crippen molar-refractivity contribution in [3.8, 4) is 5.88 Å². The van der Waals surface area contributed by atoms with Crippen LogP contribution in [-0.4, -0.2) is 20.9 Å². The maximum Gasteiger partial charge on any atom is 0.329 e. The Morgan fingerprint density at radius 1 is 1.25 bits per heavy atom. The average molecular weight is 402 g/mol. The molecule has 2 aromatic carbocycles. The molecule has 1 aliphatic heterocycles. The van der Waals surface area contributed by atoms with Gasteiger partial charge in [0.15, 0.2) is 11.6 Å². The summed E-state index contributed by atoms with van der Waals surface area (Å²) in [6, 6.07) is 6.88. The second-order valence-electron chi connectivity index (χ2n) is 6.43. The molecule has 0 saturated carbocycles. The molecule has 0 atom stereocenters. The van der Waals surface area contributed by atoms with E-state index in [1.165, 1.54) is 6.07 Å². The Bertz CT molecular complexity index is 1220. The van der Waals surface area contributed by atoms with E-state index >= 15 is 0 Å². The van der Waals surface area contributed by atoms with Crippen molar-refractivity contribution in [2.75, 3.05) is 0 Å². The van der Waals surface area contributed by atoms with E-state index in [1.807, 2.05) is 13.0 Å². The summed E-state index contributed by atoms with van der Waals surface area (Å²) in [6.45, 7) is 1.75. The number of H-pyrrole nitrogens is 1. The van der Waals surface area contributed by atoms with Crippen LogP contribution < -0.4 is 5.69 Å². The number of rotatable bonds is 3. The Morgan fingerprint density at radius 3 is 2.79 bits per heavy atom. The minimum absolute atomic E-state index is 0.110. The topological polar surface area (TPSA) is 70.4 Å². The number of aromatic nitrogens is 2. The molecule has 0 bridgehead atoms. The van der Waals surface area contributed by atoms with E-state index in [0.717, 1.165) is 33.5 Å². The van der Waals surface area contributed by atoms with Crippen LogP contribution in [0.4, 0.5) is 14.5 Å². The molecule has 142 valence electrons. The second-order valence-corrected chi connectivity index (χ2v) is 6.84. The molecule has 0 aliphatic carbocycles. The molecular formula is C20H14ClF2N3O2. The Kier molecular flexibility index (Phi) is 4.39. The largest absolute Gasteiger partial charge is 0.493 e. The van der Waals surface area contributed by atoms with E-state index in [2.05, 4.69) is 9.98 Å². The molecule has 0 radical (unpaired) electrons. The molecule has 1 aliphatic rings. The van der Waals surface area contributed by atoms with Gasteiger partial charge in [-0.2, -0.15) is 0 Å². The summed E-state index contributed by atoms with van der Waals surface area (Å²) in [5.74, 6) is -2.31. The summed E-state index contributed by atoms with van der Waals surface area (Å²) < 4.78 is 27.5. The Balaban J connectivity index is 1.71. The smallest absolute Gasteiger partial charge is 0.329 e. The van der Waals surface area contributed by atoms with Gasteiger partial charge in [0.05, 0.1) is 12.2 Å². The van der Waals surface area contributed by atoms with Gasteiger partial charge in [-0.1, -0.05) is 23.7 Å². The highest BCUT2D eigenvalue weighted by Crippen LogP contribution is 2.38. The van der Waals surface area contributed by atoms with Crippen LogP contribution in [0, 0.1) is 18.6 Å². The molecule has 5 nitrogen and oxygen atoms in total. The van der Waals surface area contributed by atoms with E-state index in [0.29, 0.717) is 16.2 Å². The third-order valence-electron chi connectivity index (χ3n) is 4.62. The summed E-state index contributed by atoms with van der Waals surface area (Å²) in [5.41, 5.74) is 3.06. The summed E-state index contributed by atoms with van der Waals surface area (Å²) >= 11 is 6.11. The van der Waals surface area contributed by atoms with Gasteiger partial charge >= 0.3 is 5.69 Å². The summed E-state index contributed by atoms with van der Waals surface area (Å²) in [7, 11) is 0. The molecule has 1 aromatic heterocycles. The minimum Gasteiger partial charge on any atom is -0.493 e. The SMILES string of the molecule is Cc1c(Cl)ccc2c1N=CC2=Cc1[nH]c(=O)n(Cc2ccc(F)c(F)c2)c1O. The normalized spacial score (nSPS) is 14.1. The molecule has 0 spiro atoms. The maximum atomic E-state index is 13.4. The van der Waals surface area contributed by atoms with Gasteiger partial charge in [-0.05, 0) is 42.3 Å². The number of aromatic hydroxyl groups is 1. The lowest BCUT2D eigenvalue weighted by molar-refractivity contribution is 0.420. The quantitative estimate of drug-likeness (QED) is 0.681. The zero-order valence-electron chi connectivity index (χ0n) is 14.6. The van der Waals surface area contributed by atoms with Crippen LogP contribution in [-0.2, 0) is 6.54 Å². The van der Waals surface area contributed by atoms with Gasteiger partial charge in [0.1, 0.15) is 5.69 Å². The van der Waals surface area contributed by atoms with Crippen molar-refractivity contribution in [3.63, 3.8) is 0 Å². The van der Waals surface area contributed by atoms with E-state index < -0.39 is 17.3 Å². The van der Waals surface area contributed by atoms with Gasteiger partial charge in [0.2, 0.25) is 5.88 Å². The fourth-order valence-electron chi connectivity index (χ4n) is 3.10. The molecule has 2 N–H and O–H groups in total. The number of imidazole rings is 1. The van der Waals surface area contributed by atoms with Gasteiger partial charge in [-0.3, -0.25) is 9.56 Å². The Labute approximate surface area is 163 Å². The van der Waals surface area contributed by atoms with Gasteiger partial charge < -0.3 is 10.1 Å². The third-order valence-corrected chi connectivity index (χ3v) is 5.03. The van der Waals surface area contributed by atoms with E-state index in [-0.39, 0.29) is 18.1 Å². The number of allylic oxidation sites excluding steroid dienone is 1. The molecule has 28 heavy (non-hydrogen) atoms. The number of aliphatic imine (C=N–C) groups is 1. The number of fused-ring (bicyclic) bond motifs is 1. The van der Waals surface area contributed by atoms with Crippen molar-refractivity contribution in [2.45, 2.75) is 13.5 Å². The number of nitrogens with one attached hydrogen (secondary N) is 1. The van der Waals surface area contributed by atoms with E-state index in [9.17, 15) is 18.7 Å². The molecule has 8 heteroatoms. The van der Waals surface area contributed by atoms with Crippen LogP contribution in [0.15, 0.2) is 40.1 Å². The molecule has 3 aromatic rings. The lowest BCUT2D eigenvalue weighted by Gasteiger charge is -2.05. The lowest BCUT2D eigenvalue weighted by Crippen LogP contribution is -2.17. The average Bonchev–Trinajstić information content (AvgIpc) is 3.18. The van der Waals surface area contributed by atoms with Gasteiger partial charge in [0, 0.05) is 22.4 Å². The van der Waals surface area contributed by atoms with Crippen molar-refractivity contribution < 1.29 is 13.9 Å². The zero-order valence-corrected chi connectivity index (χ0v) is 15.4. The van der Waals surface area contributed by atoms with E-state index in [4.69, 9.17) is 11.6 Å². The first-order chi connectivity index (χ1) is 13.3. The van der Waals surface area contributed by atoms with Gasteiger partial charge in [-0.15, -0.1) is 0 Å². The maximum absolute atomic E-state index is 13.4. The van der Waals surface area contributed by atoms with Gasteiger partial charge in [-0.25, -0.2) is 13.6 Å². The van der Waals surface area contributed by atoms with E-state index in [1.54, 1.807) is 18.4 Å². The van der Waals surface area contributed by atoms with Crippen molar-refractivity contribution >= 4 is 35.2 Å². The first-order valence-electron chi connectivity index (χ1n) is 8.36. The molecular weight excluding hydrogens is 388 g/mol. The fourth-order valence-corrected chi connectivity index (χ4v) is 3.25. The number of benzene rings is 2. The Morgan fingerprint density at radius 2 is 2.04 bits per heavy atom. The van der Waals surface area contributed by atoms with Crippen LogP contribution in [0.1, 0.15) is 22.4 Å². The number of nitrogens with zero attached hydrogens (tertiary/aromatic N) is 2. The predicted octanol–water partition coefficient (Wildman–Crippen LogP) is 4.43. The van der Waals surface area contributed by atoms with Gasteiger partial charge in [0.25, 0.3) is 0 Å². The standard InChI is InChI=1S/C20H14ClF2N3O2/c1-10-14(21)4-3-13-12(8-24-18(10)13)7-17-19(27)26(20(28)25-17)9-11-2-5-15(22)16(23)6-11/h2-8,27H,9H2,1H3,(H,25,28). The summed E-state index contributed by atoms with van der Waals surface area (Å²) in [5, 5.41) is 11.1. The van der Waals surface area contributed by atoms with Crippen molar-refractivity contribution in [2.24, 2.45) is 4.99 Å². The molecule has 0 saturated heterocycles.